The average Bonchev–Trinajstić information content (AvgIpc) is 3.43. The monoisotopic (exact) mass is 439 g/mol. The van der Waals surface area contributed by atoms with Gasteiger partial charge in [0.2, 0.25) is 0 Å². The number of benzene rings is 1. The largest absolute Gasteiger partial charge is 0.497 e. The summed E-state index contributed by atoms with van der Waals surface area (Å²) in [4.78, 5) is 21.8. The normalized spacial score (nSPS) is 14.9. The number of hydrogen-bond donors (Lipinski definition) is 1. The van der Waals surface area contributed by atoms with Crippen LogP contribution in [-0.4, -0.2) is 64.2 Å². The van der Waals surface area contributed by atoms with Crippen LogP contribution in [-0.2, 0) is 13.0 Å². The smallest absolute Gasteiger partial charge is 0.274 e. The van der Waals surface area contributed by atoms with Crippen LogP contribution in [0, 0.1) is 5.92 Å². The third kappa shape index (κ3) is 5.32. The fraction of sp³-hybridized carbons (Fsp3) is 0.435. The molecule has 1 aliphatic heterocycles. The van der Waals surface area contributed by atoms with Crippen molar-refractivity contribution >= 4 is 17.2 Å². The van der Waals surface area contributed by atoms with Crippen LogP contribution in [0.15, 0.2) is 35.7 Å². The Morgan fingerprint density at radius 3 is 2.61 bits per heavy atom. The highest BCUT2D eigenvalue weighted by atomic mass is 32.1. The SMILES string of the molecule is COc1ccc(-c2nc(CN3CCN(C(=O)c4cc(CC(C)C)[nH]n4)CC3)cs2)cc1. The zero-order valence-electron chi connectivity index (χ0n) is 18.3. The number of aromatic amines is 1. The van der Waals surface area contributed by atoms with Crippen molar-refractivity contribution in [2.75, 3.05) is 33.3 Å². The van der Waals surface area contributed by atoms with E-state index in [-0.39, 0.29) is 5.91 Å². The van der Waals surface area contributed by atoms with E-state index in [9.17, 15) is 4.79 Å². The summed E-state index contributed by atoms with van der Waals surface area (Å²) in [6.07, 6.45) is 0.903. The fourth-order valence-corrected chi connectivity index (χ4v) is 4.58. The molecule has 7 nitrogen and oxygen atoms in total. The van der Waals surface area contributed by atoms with Gasteiger partial charge >= 0.3 is 0 Å². The van der Waals surface area contributed by atoms with Crippen molar-refractivity contribution in [3.8, 4) is 16.3 Å². The molecule has 8 heteroatoms. The number of H-pyrrole nitrogens is 1. The van der Waals surface area contributed by atoms with Crippen LogP contribution in [0.4, 0.5) is 0 Å². The first-order valence-electron chi connectivity index (χ1n) is 10.7. The van der Waals surface area contributed by atoms with Gasteiger partial charge in [-0.1, -0.05) is 13.8 Å². The van der Waals surface area contributed by atoms with Crippen LogP contribution in [0.25, 0.3) is 10.6 Å². The molecule has 3 aromatic rings. The van der Waals surface area contributed by atoms with Gasteiger partial charge in [-0.15, -0.1) is 11.3 Å². The molecule has 1 amide bonds. The number of rotatable bonds is 7. The van der Waals surface area contributed by atoms with Gasteiger partial charge in [-0.05, 0) is 42.7 Å². The van der Waals surface area contributed by atoms with Gasteiger partial charge in [-0.3, -0.25) is 14.8 Å². The Kier molecular flexibility index (Phi) is 6.67. The molecule has 0 bridgehead atoms. The lowest BCUT2D eigenvalue weighted by Gasteiger charge is -2.34. The molecule has 0 saturated carbocycles. The lowest BCUT2D eigenvalue weighted by Crippen LogP contribution is -2.48. The summed E-state index contributed by atoms with van der Waals surface area (Å²) in [6, 6.07) is 9.88. The summed E-state index contributed by atoms with van der Waals surface area (Å²) >= 11 is 1.66. The number of piperazine rings is 1. The molecule has 3 heterocycles. The van der Waals surface area contributed by atoms with Crippen molar-refractivity contribution in [3.05, 3.63) is 52.8 Å². The van der Waals surface area contributed by atoms with E-state index in [4.69, 9.17) is 9.72 Å². The molecule has 0 atom stereocenters. The number of nitrogens with zero attached hydrogens (tertiary/aromatic N) is 4. The van der Waals surface area contributed by atoms with Crippen LogP contribution in [0.1, 0.15) is 35.7 Å². The van der Waals surface area contributed by atoms with E-state index in [1.165, 1.54) is 0 Å². The minimum absolute atomic E-state index is 0.0151. The van der Waals surface area contributed by atoms with E-state index in [1.54, 1.807) is 18.4 Å². The standard InChI is InChI=1S/C23H29N5O2S/c1-16(2)12-18-13-21(26-25-18)23(29)28-10-8-27(9-11-28)14-19-15-31-22(24-19)17-4-6-20(30-3)7-5-17/h4-7,13,15-16H,8-12,14H2,1-3H3,(H,25,26). The topological polar surface area (TPSA) is 74.3 Å². The summed E-state index contributed by atoms with van der Waals surface area (Å²) in [6.45, 7) is 8.21. The predicted molar refractivity (Wildman–Crippen MR) is 122 cm³/mol. The van der Waals surface area contributed by atoms with Gasteiger partial charge in [0.15, 0.2) is 0 Å². The maximum absolute atomic E-state index is 12.8. The molecule has 31 heavy (non-hydrogen) atoms. The van der Waals surface area contributed by atoms with Gasteiger partial charge in [-0.2, -0.15) is 5.10 Å². The van der Waals surface area contributed by atoms with Crippen LogP contribution in [0.2, 0.25) is 0 Å². The van der Waals surface area contributed by atoms with Gasteiger partial charge in [0.05, 0.1) is 12.8 Å². The maximum Gasteiger partial charge on any atom is 0.274 e. The highest BCUT2D eigenvalue weighted by molar-refractivity contribution is 7.13. The number of aromatic nitrogens is 3. The van der Waals surface area contributed by atoms with Crippen LogP contribution in [0.5, 0.6) is 5.75 Å². The van der Waals surface area contributed by atoms with E-state index < -0.39 is 0 Å². The first-order valence-corrected chi connectivity index (χ1v) is 11.5. The third-order valence-electron chi connectivity index (χ3n) is 5.41. The molecule has 164 valence electrons. The van der Waals surface area contributed by atoms with E-state index in [2.05, 4.69) is 34.3 Å². The van der Waals surface area contributed by atoms with Crippen molar-refractivity contribution in [2.45, 2.75) is 26.8 Å². The summed E-state index contributed by atoms with van der Waals surface area (Å²) < 4.78 is 5.22. The summed E-state index contributed by atoms with van der Waals surface area (Å²) in [7, 11) is 1.67. The molecule has 4 rings (SSSR count). The summed E-state index contributed by atoms with van der Waals surface area (Å²) in [5.41, 5.74) is 3.71. The molecule has 1 aliphatic rings. The Hall–Kier alpha value is -2.71. The molecule has 0 spiro atoms. The molecule has 0 radical (unpaired) electrons. The van der Waals surface area contributed by atoms with E-state index >= 15 is 0 Å². The number of methoxy groups -OCH3 is 1. The van der Waals surface area contributed by atoms with Crippen LogP contribution >= 0.6 is 11.3 Å². The van der Waals surface area contributed by atoms with Crippen LogP contribution < -0.4 is 4.74 Å². The van der Waals surface area contributed by atoms with Gasteiger partial charge < -0.3 is 9.64 Å². The van der Waals surface area contributed by atoms with Crippen molar-refractivity contribution in [2.24, 2.45) is 5.92 Å². The Bertz CT molecular complexity index is 1000. The molecule has 1 N–H and O–H groups in total. The average molecular weight is 440 g/mol. The predicted octanol–water partition coefficient (Wildman–Crippen LogP) is 3.70. The highest BCUT2D eigenvalue weighted by Crippen LogP contribution is 2.26. The van der Waals surface area contributed by atoms with Crippen molar-refractivity contribution in [1.29, 1.82) is 0 Å². The lowest BCUT2D eigenvalue weighted by molar-refractivity contribution is 0.0621. The number of hydrogen-bond acceptors (Lipinski definition) is 6. The molecule has 0 unspecified atom stereocenters. The first kappa shape index (κ1) is 21.5. The van der Waals surface area contributed by atoms with E-state index in [0.29, 0.717) is 24.7 Å². The molecule has 0 aliphatic carbocycles. The second-order valence-corrected chi connectivity index (χ2v) is 9.18. The number of nitrogens with one attached hydrogen (secondary N) is 1. The number of thiazole rings is 1. The minimum atomic E-state index is 0.0151. The molecule has 1 fully saturated rings. The number of carbonyl (C=O) groups excluding carboxylic acids is 1. The molecular formula is C23H29N5O2S. The maximum atomic E-state index is 12.8. The molecule has 2 aromatic heterocycles. The van der Waals surface area contributed by atoms with Gasteiger partial charge in [0.1, 0.15) is 16.5 Å². The number of amides is 1. The lowest BCUT2D eigenvalue weighted by atomic mass is 10.1. The summed E-state index contributed by atoms with van der Waals surface area (Å²) in [5.74, 6) is 1.39. The van der Waals surface area contributed by atoms with E-state index in [1.807, 2.05) is 35.2 Å². The Morgan fingerprint density at radius 2 is 1.94 bits per heavy atom. The first-order chi connectivity index (χ1) is 15.0. The van der Waals surface area contributed by atoms with Gasteiger partial charge in [0, 0.05) is 49.4 Å². The zero-order valence-corrected chi connectivity index (χ0v) is 19.1. The Labute approximate surface area is 187 Å². The van der Waals surface area contributed by atoms with Crippen molar-refractivity contribution < 1.29 is 9.53 Å². The van der Waals surface area contributed by atoms with Crippen molar-refractivity contribution in [3.63, 3.8) is 0 Å². The molecule has 1 saturated heterocycles. The highest BCUT2D eigenvalue weighted by Gasteiger charge is 2.24. The van der Waals surface area contributed by atoms with Crippen LogP contribution in [0.3, 0.4) is 0 Å². The fourth-order valence-electron chi connectivity index (χ4n) is 3.76. The zero-order chi connectivity index (χ0) is 21.8. The number of carbonyl (C=O) groups is 1. The van der Waals surface area contributed by atoms with Crippen molar-refractivity contribution in [1.82, 2.24) is 25.0 Å². The summed E-state index contributed by atoms with van der Waals surface area (Å²) in [5, 5.41) is 10.4. The Morgan fingerprint density at radius 1 is 1.19 bits per heavy atom. The second-order valence-electron chi connectivity index (χ2n) is 8.32. The van der Waals surface area contributed by atoms with Gasteiger partial charge in [-0.25, -0.2) is 4.98 Å². The molecular weight excluding hydrogens is 410 g/mol. The molecule has 1 aromatic carbocycles. The quantitative estimate of drug-likeness (QED) is 0.608. The van der Waals surface area contributed by atoms with E-state index in [0.717, 1.165) is 53.8 Å². The van der Waals surface area contributed by atoms with Gasteiger partial charge in [0.25, 0.3) is 5.91 Å². The Balaban J connectivity index is 1.29. The minimum Gasteiger partial charge on any atom is -0.497 e. The number of ether oxygens (including phenoxy) is 1. The second kappa shape index (κ2) is 9.62. The third-order valence-corrected chi connectivity index (χ3v) is 6.35.